The Balaban J connectivity index is 2.93. The van der Waals surface area contributed by atoms with Crippen molar-refractivity contribution >= 4 is 5.78 Å². The number of aromatic hydroxyl groups is 1. The SMILES string of the molecule is Oc1cnc2nccnn12. The average molecular weight is 136 g/mol. The summed E-state index contributed by atoms with van der Waals surface area (Å²) in [5, 5.41) is 12.8. The van der Waals surface area contributed by atoms with Crippen LogP contribution in [0.2, 0.25) is 0 Å². The lowest BCUT2D eigenvalue weighted by Gasteiger charge is -1.88. The zero-order chi connectivity index (χ0) is 6.97. The summed E-state index contributed by atoms with van der Waals surface area (Å²) in [5.41, 5.74) is 0. The van der Waals surface area contributed by atoms with E-state index in [-0.39, 0.29) is 5.88 Å². The molecule has 5 nitrogen and oxygen atoms in total. The van der Waals surface area contributed by atoms with Gasteiger partial charge in [-0.3, -0.25) is 0 Å². The Morgan fingerprint density at radius 2 is 2.20 bits per heavy atom. The van der Waals surface area contributed by atoms with Crippen LogP contribution in [0.25, 0.3) is 5.78 Å². The molecule has 2 aromatic rings. The van der Waals surface area contributed by atoms with Crippen molar-refractivity contribution in [3.8, 4) is 5.88 Å². The number of fused-ring (bicyclic) bond motifs is 1. The van der Waals surface area contributed by atoms with E-state index in [0.717, 1.165) is 0 Å². The fourth-order valence-corrected chi connectivity index (χ4v) is 0.723. The molecule has 0 spiro atoms. The fourth-order valence-electron chi connectivity index (χ4n) is 0.723. The van der Waals surface area contributed by atoms with Crippen LogP contribution in [-0.2, 0) is 0 Å². The van der Waals surface area contributed by atoms with Gasteiger partial charge in [0.25, 0.3) is 5.78 Å². The smallest absolute Gasteiger partial charge is 0.253 e. The maximum atomic E-state index is 9.01. The topological polar surface area (TPSA) is 63.3 Å². The van der Waals surface area contributed by atoms with Crippen molar-refractivity contribution in [2.45, 2.75) is 0 Å². The number of aromatic nitrogens is 4. The van der Waals surface area contributed by atoms with Gasteiger partial charge in [0.15, 0.2) is 0 Å². The highest BCUT2D eigenvalue weighted by molar-refractivity contribution is 5.29. The van der Waals surface area contributed by atoms with Gasteiger partial charge in [-0.05, 0) is 0 Å². The van der Waals surface area contributed by atoms with E-state index in [1.165, 1.54) is 23.1 Å². The third-order valence-corrected chi connectivity index (χ3v) is 1.14. The summed E-state index contributed by atoms with van der Waals surface area (Å²) in [6.07, 6.45) is 4.30. The minimum Gasteiger partial charge on any atom is -0.492 e. The molecule has 0 amide bonds. The Labute approximate surface area is 56.0 Å². The van der Waals surface area contributed by atoms with Gasteiger partial charge in [-0.25, -0.2) is 9.97 Å². The third kappa shape index (κ3) is 0.540. The quantitative estimate of drug-likeness (QED) is 0.546. The summed E-state index contributed by atoms with van der Waals surface area (Å²) in [6, 6.07) is 0. The molecule has 0 unspecified atom stereocenters. The highest BCUT2D eigenvalue weighted by atomic mass is 16.3. The number of hydrogen-bond acceptors (Lipinski definition) is 4. The lowest BCUT2D eigenvalue weighted by Crippen LogP contribution is -1.90. The molecule has 0 saturated carbocycles. The van der Waals surface area contributed by atoms with Gasteiger partial charge in [-0.2, -0.15) is 9.61 Å². The number of rotatable bonds is 0. The molecule has 0 radical (unpaired) electrons. The van der Waals surface area contributed by atoms with E-state index in [2.05, 4.69) is 15.1 Å². The highest BCUT2D eigenvalue weighted by Crippen LogP contribution is 2.05. The Hall–Kier alpha value is -1.65. The molecule has 1 N–H and O–H groups in total. The molecule has 0 aromatic carbocycles. The molecular formula is C5H4N4O. The van der Waals surface area contributed by atoms with E-state index in [0.29, 0.717) is 5.78 Å². The lowest BCUT2D eigenvalue weighted by molar-refractivity contribution is 0.438. The lowest BCUT2D eigenvalue weighted by atomic mass is 10.8. The van der Waals surface area contributed by atoms with Crippen molar-refractivity contribution < 1.29 is 5.11 Å². The van der Waals surface area contributed by atoms with Gasteiger partial charge in [-0.1, -0.05) is 0 Å². The van der Waals surface area contributed by atoms with Crippen LogP contribution in [0.1, 0.15) is 0 Å². The van der Waals surface area contributed by atoms with Crippen molar-refractivity contribution in [3.63, 3.8) is 0 Å². The molecule has 2 heterocycles. The van der Waals surface area contributed by atoms with Gasteiger partial charge in [0.05, 0.1) is 18.6 Å². The second-order valence-corrected chi connectivity index (χ2v) is 1.77. The Bertz CT molecular complexity index is 355. The standard InChI is InChI=1S/C5H4N4O/c10-4-3-7-5-6-1-2-8-9(4)5/h1-3,10H. The van der Waals surface area contributed by atoms with Gasteiger partial charge < -0.3 is 5.11 Å². The minimum absolute atomic E-state index is 0.00287. The van der Waals surface area contributed by atoms with Crippen LogP contribution < -0.4 is 0 Å². The zero-order valence-electron chi connectivity index (χ0n) is 4.97. The van der Waals surface area contributed by atoms with Crippen molar-refractivity contribution in [3.05, 3.63) is 18.6 Å². The van der Waals surface area contributed by atoms with Gasteiger partial charge >= 0.3 is 0 Å². The first-order valence-electron chi connectivity index (χ1n) is 2.71. The first-order valence-corrected chi connectivity index (χ1v) is 2.71. The number of hydrogen-bond donors (Lipinski definition) is 1. The molecule has 50 valence electrons. The van der Waals surface area contributed by atoms with Crippen LogP contribution in [0.3, 0.4) is 0 Å². The zero-order valence-corrected chi connectivity index (χ0v) is 4.97. The Kier molecular flexibility index (Phi) is 0.858. The summed E-state index contributed by atoms with van der Waals surface area (Å²) >= 11 is 0. The third-order valence-electron chi connectivity index (χ3n) is 1.14. The van der Waals surface area contributed by atoms with Gasteiger partial charge in [0.2, 0.25) is 5.88 Å². The van der Waals surface area contributed by atoms with E-state index in [4.69, 9.17) is 5.11 Å². The summed E-state index contributed by atoms with van der Waals surface area (Å²) in [7, 11) is 0. The predicted octanol–water partition coefficient (Wildman–Crippen LogP) is -0.170. The summed E-state index contributed by atoms with van der Waals surface area (Å²) < 4.78 is 1.25. The Morgan fingerprint density at radius 1 is 1.30 bits per heavy atom. The van der Waals surface area contributed by atoms with E-state index in [9.17, 15) is 0 Å². The van der Waals surface area contributed by atoms with Crippen molar-refractivity contribution in [1.82, 2.24) is 19.6 Å². The van der Waals surface area contributed by atoms with E-state index in [1.54, 1.807) is 0 Å². The van der Waals surface area contributed by atoms with E-state index < -0.39 is 0 Å². The maximum absolute atomic E-state index is 9.01. The molecule has 0 atom stereocenters. The minimum atomic E-state index is 0.00287. The second-order valence-electron chi connectivity index (χ2n) is 1.77. The van der Waals surface area contributed by atoms with Crippen LogP contribution >= 0.6 is 0 Å². The molecule has 0 fully saturated rings. The fraction of sp³-hybridized carbons (Fsp3) is 0. The van der Waals surface area contributed by atoms with Crippen LogP contribution in [0, 0.1) is 0 Å². The molecule has 0 aliphatic rings. The molecule has 2 aromatic heterocycles. The normalized spacial score (nSPS) is 10.4. The number of nitrogens with zero attached hydrogens (tertiary/aromatic N) is 4. The first-order chi connectivity index (χ1) is 4.88. The largest absolute Gasteiger partial charge is 0.492 e. The summed E-state index contributed by atoms with van der Waals surface area (Å²) in [5.74, 6) is 0.406. The monoisotopic (exact) mass is 136 g/mol. The van der Waals surface area contributed by atoms with E-state index >= 15 is 0 Å². The predicted molar refractivity (Wildman–Crippen MR) is 32.4 cm³/mol. The van der Waals surface area contributed by atoms with Gasteiger partial charge in [0.1, 0.15) is 0 Å². The van der Waals surface area contributed by atoms with E-state index in [1.807, 2.05) is 0 Å². The second kappa shape index (κ2) is 1.66. The summed E-state index contributed by atoms with van der Waals surface area (Å²) in [6.45, 7) is 0. The first kappa shape index (κ1) is 5.16. The van der Waals surface area contributed by atoms with Crippen LogP contribution in [-0.4, -0.2) is 24.7 Å². The molecular weight excluding hydrogens is 132 g/mol. The average Bonchev–Trinajstić information content (AvgIpc) is 2.34. The molecule has 10 heavy (non-hydrogen) atoms. The molecule has 0 aliphatic carbocycles. The van der Waals surface area contributed by atoms with Crippen molar-refractivity contribution in [2.24, 2.45) is 0 Å². The van der Waals surface area contributed by atoms with Crippen LogP contribution in [0.4, 0.5) is 0 Å². The van der Waals surface area contributed by atoms with Crippen LogP contribution in [0.5, 0.6) is 5.88 Å². The molecule has 5 heteroatoms. The summed E-state index contributed by atoms with van der Waals surface area (Å²) in [4.78, 5) is 7.59. The molecule has 0 saturated heterocycles. The Morgan fingerprint density at radius 3 is 3.00 bits per heavy atom. The highest BCUT2D eigenvalue weighted by Gasteiger charge is 1.99. The molecule has 2 rings (SSSR count). The molecule has 0 bridgehead atoms. The number of imidazole rings is 1. The molecule has 0 aliphatic heterocycles. The van der Waals surface area contributed by atoms with Crippen molar-refractivity contribution in [1.29, 1.82) is 0 Å². The van der Waals surface area contributed by atoms with Gasteiger partial charge in [0, 0.05) is 0 Å². The van der Waals surface area contributed by atoms with Crippen LogP contribution in [0.15, 0.2) is 18.6 Å². The van der Waals surface area contributed by atoms with Crippen molar-refractivity contribution in [2.75, 3.05) is 0 Å². The van der Waals surface area contributed by atoms with Gasteiger partial charge in [-0.15, -0.1) is 0 Å². The maximum Gasteiger partial charge on any atom is 0.253 e.